The van der Waals surface area contributed by atoms with Crippen molar-refractivity contribution in [2.45, 2.75) is 33.3 Å². The number of benzene rings is 1. The summed E-state index contributed by atoms with van der Waals surface area (Å²) in [5.41, 5.74) is 2.92. The van der Waals surface area contributed by atoms with Gasteiger partial charge in [-0.25, -0.2) is 9.78 Å². The van der Waals surface area contributed by atoms with E-state index in [0.29, 0.717) is 11.6 Å². The van der Waals surface area contributed by atoms with E-state index >= 15 is 0 Å². The number of nitrogens with zero attached hydrogens (tertiary/aromatic N) is 1. The molecule has 0 spiro atoms. The lowest BCUT2D eigenvalue weighted by Crippen LogP contribution is -2.02. The molecule has 0 fully saturated rings. The molecule has 0 saturated heterocycles. The molecule has 1 N–H and O–H groups in total. The summed E-state index contributed by atoms with van der Waals surface area (Å²) >= 11 is 1.12. The summed E-state index contributed by atoms with van der Waals surface area (Å²) < 4.78 is 5.81. The molecule has 0 aliphatic rings. The van der Waals surface area contributed by atoms with Crippen LogP contribution in [-0.2, 0) is 6.61 Å². The number of hydrogen-bond acceptors (Lipinski definition) is 4. The van der Waals surface area contributed by atoms with Crippen LogP contribution in [0.3, 0.4) is 0 Å². The van der Waals surface area contributed by atoms with Crippen molar-refractivity contribution in [1.82, 2.24) is 4.98 Å². The Morgan fingerprint density at radius 2 is 2.20 bits per heavy atom. The van der Waals surface area contributed by atoms with Gasteiger partial charge in [0.05, 0.1) is 5.69 Å². The van der Waals surface area contributed by atoms with Crippen LogP contribution in [0.15, 0.2) is 23.6 Å². The van der Waals surface area contributed by atoms with Crippen molar-refractivity contribution in [3.63, 3.8) is 0 Å². The fraction of sp³-hybridized carbons (Fsp3) is 0.333. The molecule has 0 radical (unpaired) electrons. The quantitative estimate of drug-likeness (QED) is 0.909. The van der Waals surface area contributed by atoms with E-state index in [1.165, 1.54) is 0 Å². The first-order chi connectivity index (χ1) is 9.47. The SMILES string of the molecule is Cc1ccc(C(C)C)c(OCc2csc(C(=O)O)n2)c1. The van der Waals surface area contributed by atoms with E-state index in [4.69, 9.17) is 9.84 Å². The van der Waals surface area contributed by atoms with E-state index in [1.54, 1.807) is 5.38 Å². The third kappa shape index (κ3) is 3.36. The smallest absolute Gasteiger partial charge is 0.365 e. The Kier molecular flexibility index (Phi) is 4.39. The molecule has 106 valence electrons. The predicted octanol–water partition coefficient (Wildman–Crippen LogP) is 3.85. The van der Waals surface area contributed by atoms with Crippen LogP contribution < -0.4 is 4.74 Å². The number of ether oxygens (including phenoxy) is 1. The molecule has 1 heterocycles. The molecule has 0 atom stereocenters. The molecule has 0 saturated carbocycles. The topological polar surface area (TPSA) is 59.4 Å². The Bertz CT molecular complexity index is 619. The molecule has 20 heavy (non-hydrogen) atoms. The molecule has 1 aromatic carbocycles. The van der Waals surface area contributed by atoms with E-state index in [1.807, 2.05) is 13.0 Å². The lowest BCUT2D eigenvalue weighted by molar-refractivity contribution is 0.0696. The number of thiazole rings is 1. The third-order valence-corrected chi connectivity index (χ3v) is 3.78. The molecule has 0 amide bonds. The Balaban J connectivity index is 2.13. The van der Waals surface area contributed by atoms with Gasteiger partial charge in [-0.3, -0.25) is 0 Å². The second kappa shape index (κ2) is 6.05. The summed E-state index contributed by atoms with van der Waals surface area (Å²) in [6, 6.07) is 6.13. The summed E-state index contributed by atoms with van der Waals surface area (Å²) in [6.07, 6.45) is 0. The van der Waals surface area contributed by atoms with Gasteiger partial charge in [0.1, 0.15) is 12.4 Å². The van der Waals surface area contributed by atoms with Gasteiger partial charge >= 0.3 is 5.97 Å². The fourth-order valence-corrected chi connectivity index (χ4v) is 2.51. The van der Waals surface area contributed by atoms with Crippen molar-refractivity contribution in [3.8, 4) is 5.75 Å². The molecule has 4 nitrogen and oxygen atoms in total. The number of rotatable bonds is 5. The maximum absolute atomic E-state index is 10.8. The minimum absolute atomic E-state index is 0.0944. The van der Waals surface area contributed by atoms with Gasteiger partial charge in [0.2, 0.25) is 5.01 Å². The van der Waals surface area contributed by atoms with Gasteiger partial charge in [-0.1, -0.05) is 26.0 Å². The molecule has 1 aromatic heterocycles. The van der Waals surface area contributed by atoms with E-state index < -0.39 is 5.97 Å². The lowest BCUT2D eigenvalue weighted by Gasteiger charge is -2.14. The number of aryl methyl sites for hydroxylation is 1. The van der Waals surface area contributed by atoms with Gasteiger partial charge in [0.25, 0.3) is 0 Å². The lowest BCUT2D eigenvalue weighted by atomic mass is 10.0. The summed E-state index contributed by atoms with van der Waals surface area (Å²) in [5.74, 6) is 0.208. The molecule has 0 aliphatic heterocycles. The maximum Gasteiger partial charge on any atom is 0.365 e. The van der Waals surface area contributed by atoms with Gasteiger partial charge in [-0.15, -0.1) is 11.3 Å². The highest BCUT2D eigenvalue weighted by Crippen LogP contribution is 2.28. The zero-order chi connectivity index (χ0) is 14.7. The van der Waals surface area contributed by atoms with Crippen molar-refractivity contribution in [2.75, 3.05) is 0 Å². The highest BCUT2D eigenvalue weighted by Gasteiger charge is 2.11. The van der Waals surface area contributed by atoms with Gasteiger partial charge in [0.15, 0.2) is 0 Å². The van der Waals surface area contributed by atoms with Crippen LogP contribution in [0.1, 0.15) is 46.4 Å². The molecular formula is C15H17NO3S. The Morgan fingerprint density at radius 1 is 1.45 bits per heavy atom. The van der Waals surface area contributed by atoms with Crippen LogP contribution in [0.2, 0.25) is 0 Å². The summed E-state index contributed by atoms with van der Waals surface area (Å²) in [7, 11) is 0. The number of aromatic nitrogens is 1. The van der Waals surface area contributed by atoms with Crippen molar-refractivity contribution >= 4 is 17.3 Å². The summed E-state index contributed by atoms with van der Waals surface area (Å²) in [5, 5.41) is 10.7. The molecule has 0 unspecified atom stereocenters. The highest BCUT2D eigenvalue weighted by atomic mass is 32.1. The normalized spacial score (nSPS) is 10.8. The van der Waals surface area contributed by atoms with Gasteiger partial charge in [-0.2, -0.15) is 0 Å². The van der Waals surface area contributed by atoms with Crippen molar-refractivity contribution in [1.29, 1.82) is 0 Å². The molecule has 5 heteroatoms. The van der Waals surface area contributed by atoms with Crippen LogP contribution in [-0.4, -0.2) is 16.1 Å². The first kappa shape index (κ1) is 14.5. The first-order valence-corrected chi connectivity index (χ1v) is 7.26. The predicted molar refractivity (Wildman–Crippen MR) is 78.7 cm³/mol. The second-order valence-electron chi connectivity index (χ2n) is 4.93. The van der Waals surface area contributed by atoms with Crippen LogP contribution in [0.25, 0.3) is 0 Å². The Hall–Kier alpha value is -1.88. The van der Waals surface area contributed by atoms with Crippen LogP contribution in [0.4, 0.5) is 0 Å². The largest absolute Gasteiger partial charge is 0.487 e. The minimum Gasteiger partial charge on any atom is -0.487 e. The van der Waals surface area contributed by atoms with E-state index in [-0.39, 0.29) is 11.6 Å². The van der Waals surface area contributed by atoms with E-state index in [2.05, 4.69) is 31.0 Å². The number of carboxylic acid groups (broad SMARTS) is 1. The molecule has 0 aliphatic carbocycles. The fourth-order valence-electron chi connectivity index (χ4n) is 1.87. The average Bonchev–Trinajstić information content (AvgIpc) is 2.85. The van der Waals surface area contributed by atoms with Gasteiger partial charge in [-0.05, 0) is 30.0 Å². The molecular weight excluding hydrogens is 274 g/mol. The standard InChI is InChI=1S/C15H17NO3S/c1-9(2)12-5-4-10(3)6-13(12)19-7-11-8-20-14(16-11)15(17)18/h4-6,8-9H,7H2,1-3H3,(H,17,18). The number of hydrogen-bond donors (Lipinski definition) is 1. The van der Waals surface area contributed by atoms with Crippen molar-refractivity contribution < 1.29 is 14.6 Å². The van der Waals surface area contributed by atoms with Crippen LogP contribution >= 0.6 is 11.3 Å². The van der Waals surface area contributed by atoms with Crippen LogP contribution in [0.5, 0.6) is 5.75 Å². The Labute approximate surface area is 122 Å². The summed E-state index contributed by atoms with van der Waals surface area (Å²) in [4.78, 5) is 14.8. The van der Waals surface area contributed by atoms with E-state index in [0.717, 1.165) is 28.2 Å². The van der Waals surface area contributed by atoms with Gasteiger partial charge < -0.3 is 9.84 Å². The zero-order valence-electron chi connectivity index (χ0n) is 11.7. The van der Waals surface area contributed by atoms with Crippen molar-refractivity contribution in [3.05, 3.63) is 45.4 Å². The monoisotopic (exact) mass is 291 g/mol. The first-order valence-electron chi connectivity index (χ1n) is 6.38. The number of carboxylic acids is 1. The molecule has 2 aromatic rings. The van der Waals surface area contributed by atoms with E-state index in [9.17, 15) is 4.79 Å². The molecule has 2 rings (SSSR count). The van der Waals surface area contributed by atoms with Crippen molar-refractivity contribution in [2.24, 2.45) is 0 Å². The van der Waals surface area contributed by atoms with Gasteiger partial charge in [0, 0.05) is 5.38 Å². The second-order valence-corrected chi connectivity index (χ2v) is 5.79. The Morgan fingerprint density at radius 3 is 2.80 bits per heavy atom. The number of aromatic carboxylic acids is 1. The zero-order valence-corrected chi connectivity index (χ0v) is 12.5. The highest BCUT2D eigenvalue weighted by molar-refractivity contribution is 7.11. The third-order valence-electron chi connectivity index (χ3n) is 2.90. The number of carbonyl (C=O) groups is 1. The molecule has 0 bridgehead atoms. The van der Waals surface area contributed by atoms with Crippen LogP contribution in [0, 0.1) is 6.92 Å². The average molecular weight is 291 g/mol. The minimum atomic E-state index is -1.00. The maximum atomic E-state index is 10.8. The summed E-state index contributed by atoms with van der Waals surface area (Å²) in [6.45, 7) is 6.53.